The van der Waals surface area contributed by atoms with E-state index in [2.05, 4.69) is 10.3 Å². The number of ketones is 1. The van der Waals surface area contributed by atoms with Gasteiger partial charge in [-0.1, -0.05) is 71.0 Å². The summed E-state index contributed by atoms with van der Waals surface area (Å²) in [6, 6.07) is 19.6. The lowest BCUT2D eigenvalue weighted by Crippen LogP contribution is -2.10. The number of hydrogen-bond donors (Lipinski definition) is 0. The molecule has 2 rings (SSSR count). The summed E-state index contributed by atoms with van der Waals surface area (Å²) in [5.41, 5.74) is 3.45. The molecule has 0 fully saturated rings. The highest BCUT2D eigenvalue weighted by atomic mass is 16.6. The summed E-state index contributed by atoms with van der Waals surface area (Å²) in [5.74, 6) is 0.0325. The molecule has 2 aromatic rings. The fraction of sp³-hybridized carbons (Fsp3) is 0.286. The summed E-state index contributed by atoms with van der Waals surface area (Å²) in [4.78, 5) is 22.2. The molecule has 0 atom stereocenters. The summed E-state index contributed by atoms with van der Waals surface area (Å²) < 4.78 is 0. The first-order valence-electron chi connectivity index (χ1n) is 8.54. The standard InChI is InChI=1S/C21H24N2O3/c1-17(22-25-15-19-9-5-3-6-10-19)13-21(14-18(2)24)23-26-16-20-11-7-4-8-12-20/h3-12H,13-16H2,1-2H3. The molecule has 0 radical (unpaired) electrons. The van der Waals surface area contributed by atoms with Gasteiger partial charge in [-0.2, -0.15) is 0 Å². The second-order valence-electron chi connectivity index (χ2n) is 6.06. The third-order valence-corrected chi connectivity index (χ3v) is 3.48. The number of nitrogens with zero attached hydrogens (tertiary/aromatic N) is 2. The SMILES string of the molecule is CC(=O)CC(CC(C)=NOCc1ccccc1)=NOCc1ccccc1. The number of carbonyl (C=O) groups excluding carboxylic acids is 1. The summed E-state index contributed by atoms with van der Waals surface area (Å²) in [5, 5.41) is 8.23. The molecule has 0 heterocycles. The van der Waals surface area contributed by atoms with Crippen LogP contribution in [0.3, 0.4) is 0 Å². The summed E-state index contributed by atoms with van der Waals surface area (Å²) in [7, 11) is 0. The van der Waals surface area contributed by atoms with E-state index in [1.54, 1.807) is 0 Å². The van der Waals surface area contributed by atoms with Gasteiger partial charge in [0.2, 0.25) is 0 Å². The van der Waals surface area contributed by atoms with Crippen LogP contribution in [0, 0.1) is 0 Å². The minimum absolute atomic E-state index is 0.0325. The van der Waals surface area contributed by atoms with Crippen LogP contribution in [0.5, 0.6) is 0 Å². The van der Waals surface area contributed by atoms with Crippen molar-refractivity contribution in [3.63, 3.8) is 0 Å². The number of oxime groups is 2. The molecule has 2 aromatic carbocycles. The Bertz CT molecular complexity index is 740. The molecular weight excluding hydrogens is 328 g/mol. The van der Waals surface area contributed by atoms with Crippen molar-refractivity contribution in [2.45, 2.75) is 39.9 Å². The largest absolute Gasteiger partial charge is 0.391 e. The first-order valence-corrected chi connectivity index (χ1v) is 8.54. The van der Waals surface area contributed by atoms with Crippen LogP contribution in [-0.4, -0.2) is 17.2 Å². The smallest absolute Gasteiger partial charge is 0.142 e. The average Bonchev–Trinajstić information content (AvgIpc) is 2.63. The molecule has 5 heteroatoms. The van der Waals surface area contributed by atoms with E-state index < -0.39 is 0 Å². The van der Waals surface area contributed by atoms with Gasteiger partial charge in [-0.15, -0.1) is 0 Å². The lowest BCUT2D eigenvalue weighted by atomic mass is 10.1. The Labute approximate surface area is 154 Å². The molecule has 0 saturated carbocycles. The highest BCUT2D eigenvalue weighted by Gasteiger charge is 2.07. The van der Waals surface area contributed by atoms with E-state index in [1.165, 1.54) is 6.92 Å². The van der Waals surface area contributed by atoms with Gasteiger partial charge in [-0.3, -0.25) is 4.79 Å². The monoisotopic (exact) mass is 352 g/mol. The second-order valence-corrected chi connectivity index (χ2v) is 6.06. The van der Waals surface area contributed by atoms with E-state index in [-0.39, 0.29) is 12.2 Å². The summed E-state index contributed by atoms with van der Waals surface area (Å²) in [6.45, 7) is 4.15. The van der Waals surface area contributed by atoms with Crippen molar-refractivity contribution in [1.29, 1.82) is 0 Å². The second kappa shape index (κ2) is 10.8. The minimum Gasteiger partial charge on any atom is -0.391 e. The molecule has 0 amide bonds. The molecule has 0 aromatic heterocycles. The van der Waals surface area contributed by atoms with Crippen LogP contribution in [0.1, 0.15) is 37.8 Å². The molecule has 136 valence electrons. The van der Waals surface area contributed by atoms with Gasteiger partial charge in [0.05, 0.1) is 11.4 Å². The van der Waals surface area contributed by atoms with Gasteiger partial charge in [0, 0.05) is 12.8 Å². The van der Waals surface area contributed by atoms with Gasteiger partial charge >= 0.3 is 0 Å². The average molecular weight is 352 g/mol. The van der Waals surface area contributed by atoms with Crippen LogP contribution in [0.4, 0.5) is 0 Å². The third-order valence-electron chi connectivity index (χ3n) is 3.48. The molecule has 0 aliphatic rings. The first-order chi connectivity index (χ1) is 12.6. The Kier molecular flexibility index (Phi) is 8.06. The van der Waals surface area contributed by atoms with Gasteiger partial charge in [-0.25, -0.2) is 0 Å². The van der Waals surface area contributed by atoms with Crippen molar-refractivity contribution in [3.05, 3.63) is 71.8 Å². The Morgan fingerprint density at radius 2 is 1.27 bits per heavy atom. The quantitative estimate of drug-likeness (QED) is 0.466. The van der Waals surface area contributed by atoms with Crippen LogP contribution in [0.25, 0.3) is 0 Å². The topological polar surface area (TPSA) is 60.2 Å². The number of Topliss-reactive ketones (excluding diaryl/α,β-unsaturated/α-hetero) is 1. The number of hydrogen-bond acceptors (Lipinski definition) is 5. The molecule has 0 unspecified atom stereocenters. The molecule has 5 nitrogen and oxygen atoms in total. The van der Waals surface area contributed by atoms with Crippen molar-refractivity contribution in [2.24, 2.45) is 10.3 Å². The van der Waals surface area contributed by atoms with Crippen LogP contribution < -0.4 is 0 Å². The molecule has 0 saturated heterocycles. The molecule has 0 aliphatic carbocycles. The van der Waals surface area contributed by atoms with Gasteiger partial charge in [0.15, 0.2) is 0 Å². The highest BCUT2D eigenvalue weighted by Crippen LogP contribution is 2.05. The van der Waals surface area contributed by atoms with E-state index in [0.717, 1.165) is 16.8 Å². The predicted molar refractivity (Wildman–Crippen MR) is 103 cm³/mol. The van der Waals surface area contributed by atoms with E-state index in [0.29, 0.717) is 25.3 Å². The van der Waals surface area contributed by atoms with E-state index in [4.69, 9.17) is 9.68 Å². The van der Waals surface area contributed by atoms with Gasteiger partial charge in [0.25, 0.3) is 0 Å². The summed E-state index contributed by atoms with van der Waals surface area (Å²) >= 11 is 0. The maximum Gasteiger partial charge on any atom is 0.142 e. The normalized spacial score (nSPS) is 11.9. The fourth-order valence-corrected chi connectivity index (χ4v) is 2.31. The molecule has 0 bridgehead atoms. The molecule has 0 N–H and O–H groups in total. The van der Waals surface area contributed by atoms with E-state index in [9.17, 15) is 4.79 Å². The molecule has 0 aliphatic heterocycles. The van der Waals surface area contributed by atoms with E-state index in [1.807, 2.05) is 67.6 Å². The maximum atomic E-state index is 11.5. The first kappa shape index (κ1) is 19.4. The van der Waals surface area contributed by atoms with Crippen molar-refractivity contribution in [2.75, 3.05) is 0 Å². The lowest BCUT2D eigenvalue weighted by molar-refractivity contribution is -0.115. The van der Waals surface area contributed by atoms with Crippen molar-refractivity contribution in [3.8, 4) is 0 Å². The van der Waals surface area contributed by atoms with Crippen molar-refractivity contribution in [1.82, 2.24) is 0 Å². The Hall–Kier alpha value is -2.95. The molecule has 0 spiro atoms. The minimum atomic E-state index is 0.0325. The summed E-state index contributed by atoms with van der Waals surface area (Å²) in [6.07, 6.45) is 0.670. The third kappa shape index (κ3) is 7.75. The number of rotatable bonds is 10. The maximum absolute atomic E-state index is 11.5. The number of carbonyl (C=O) groups is 1. The van der Waals surface area contributed by atoms with E-state index >= 15 is 0 Å². The number of benzene rings is 2. The van der Waals surface area contributed by atoms with Crippen molar-refractivity contribution >= 4 is 17.2 Å². The fourth-order valence-electron chi connectivity index (χ4n) is 2.31. The Morgan fingerprint density at radius 1 is 0.769 bits per heavy atom. The zero-order valence-corrected chi connectivity index (χ0v) is 15.2. The van der Waals surface area contributed by atoms with Crippen LogP contribution >= 0.6 is 0 Å². The van der Waals surface area contributed by atoms with Crippen LogP contribution in [-0.2, 0) is 27.7 Å². The molecular formula is C21H24N2O3. The molecule has 26 heavy (non-hydrogen) atoms. The van der Waals surface area contributed by atoms with Crippen LogP contribution in [0.15, 0.2) is 71.0 Å². The van der Waals surface area contributed by atoms with Gasteiger partial charge in [0.1, 0.15) is 19.0 Å². The zero-order chi connectivity index (χ0) is 18.6. The Balaban J connectivity index is 1.87. The van der Waals surface area contributed by atoms with Crippen molar-refractivity contribution < 1.29 is 14.5 Å². The zero-order valence-electron chi connectivity index (χ0n) is 15.2. The van der Waals surface area contributed by atoms with Gasteiger partial charge < -0.3 is 9.68 Å². The predicted octanol–water partition coefficient (Wildman–Crippen LogP) is 4.52. The lowest BCUT2D eigenvalue weighted by Gasteiger charge is -2.06. The Morgan fingerprint density at radius 3 is 1.77 bits per heavy atom. The highest BCUT2D eigenvalue weighted by molar-refractivity contribution is 6.09. The van der Waals surface area contributed by atoms with Crippen LogP contribution in [0.2, 0.25) is 0 Å². The van der Waals surface area contributed by atoms with Gasteiger partial charge in [-0.05, 0) is 25.0 Å².